The highest BCUT2D eigenvalue weighted by atomic mass is 16.5. The Hall–Kier alpha value is -3.21. The largest absolute Gasteiger partial charge is 0.462 e. The molecule has 5 rings (SSSR count). The third-order valence-corrected chi connectivity index (χ3v) is 7.45. The zero-order valence-corrected chi connectivity index (χ0v) is 19.9. The van der Waals surface area contributed by atoms with E-state index in [0.29, 0.717) is 24.0 Å². The molecule has 0 N–H and O–H groups in total. The molecule has 176 valence electrons. The molecule has 2 amide bonds. The van der Waals surface area contributed by atoms with Crippen LogP contribution in [0, 0.1) is 5.92 Å². The summed E-state index contributed by atoms with van der Waals surface area (Å²) >= 11 is 0. The average molecular weight is 458 g/mol. The molecule has 1 aliphatic heterocycles. The minimum atomic E-state index is -0.459. The first kappa shape index (κ1) is 22.6. The van der Waals surface area contributed by atoms with Gasteiger partial charge in [-0.25, -0.2) is 0 Å². The van der Waals surface area contributed by atoms with Gasteiger partial charge in [0.05, 0.1) is 23.1 Å². The van der Waals surface area contributed by atoms with E-state index in [-0.39, 0.29) is 23.9 Å². The van der Waals surface area contributed by atoms with Crippen molar-refractivity contribution in [1.29, 1.82) is 0 Å². The number of esters is 1. The number of ether oxygens (including phenoxy) is 1. The van der Waals surface area contributed by atoms with Gasteiger partial charge in [0.15, 0.2) is 0 Å². The normalized spacial score (nSPS) is 21.2. The number of carbonyl (C=O) groups excluding carboxylic acids is 3. The van der Waals surface area contributed by atoms with E-state index >= 15 is 0 Å². The van der Waals surface area contributed by atoms with Crippen molar-refractivity contribution in [3.05, 3.63) is 59.7 Å². The van der Waals surface area contributed by atoms with Gasteiger partial charge in [-0.1, -0.05) is 57.4 Å². The van der Waals surface area contributed by atoms with Crippen molar-refractivity contribution in [1.82, 2.24) is 4.90 Å². The number of hydrogen-bond acceptors (Lipinski definition) is 4. The molecule has 3 aromatic rings. The molecule has 3 atom stereocenters. The quantitative estimate of drug-likeness (QED) is 0.249. The second kappa shape index (κ2) is 9.21. The van der Waals surface area contributed by atoms with Gasteiger partial charge < -0.3 is 4.74 Å². The molecule has 0 saturated heterocycles. The van der Waals surface area contributed by atoms with Gasteiger partial charge in [-0.2, -0.15) is 0 Å². The molecule has 34 heavy (non-hydrogen) atoms. The summed E-state index contributed by atoms with van der Waals surface area (Å²) in [6.07, 6.45) is 5.51. The second-order valence-electron chi connectivity index (χ2n) is 9.64. The van der Waals surface area contributed by atoms with E-state index in [1.165, 1.54) is 4.90 Å². The molecule has 1 fully saturated rings. The van der Waals surface area contributed by atoms with E-state index < -0.39 is 12.0 Å². The molecule has 3 aromatic carbocycles. The van der Waals surface area contributed by atoms with Crippen molar-refractivity contribution in [3.63, 3.8) is 0 Å². The van der Waals surface area contributed by atoms with Crippen LogP contribution in [-0.2, 0) is 9.53 Å². The van der Waals surface area contributed by atoms with Crippen LogP contribution in [0.1, 0.15) is 79.5 Å². The maximum absolute atomic E-state index is 13.5. The highest BCUT2D eigenvalue weighted by molar-refractivity contribution is 6.23. The summed E-state index contributed by atoms with van der Waals surface area (Å²) < 4.78 is 5.84. The fourth-order valence-electron chi connectivity index (χ4n) is 5.61. The van der Waals surface area contributed by atoms with E-state index in [0.717, 1.165) is 53.6 Å². The molecule has 0 aromatic heterocycles. The van der Waals surface area contributed by atoms with Crippen LogP contribution in [0.25, 0.3) is 21.5 Å². The van der Waals surface area contributed by atoms with Crippen molar-refractivity contribution in [2.45, 2.75) is 70.9 Å². The fourth-order valence-corrected chi connectivity index (χ4v) is 5.61. The standard InChI is InChI=1S/C29H31NO4/c1-3-9-22(4-2)34-29(33)23-12-7-8-13-26(23)30-27(31)24-16-20-14-18-10-5-6-11-19(18)15-21(20)17-25(24)28(30)32/h5-6,10-11,14-17,22-23,26H,3-4,7-9,12-13H2,1-2H3/t22-,23+,26+/m1/s1. The van der Waals surface area contributed by atoms with Crippen LogP contribution in [0.15, 0.2) is 48.5 Å². The second-order valence-corrected chi connectivity index (χ2v) is 9.64. The van der Waals surface area contributed by atoms with Crippen LogP contribution >= 0.6 is 0 Å². The smallest absolute Gasteiger partial charge is 0.311 e. The van der Waals surface area contributed by atoms with Crippen LogP contribution in [0.2, 0.25) is 0 Å². The van der Waals surface area contributed by atoms with Gasteiger partial charge >= 0.3 is 5.97 Å². The van der Waals surface area contributed by atoms with Crippen molar-refractivity contribution in [2.75, 3.05) is 0 Å². The third-order valence-electron chi connectivity index (χ3n) is 7.45. The molecule has 1 saturated carbocycles. The average Bonchev–Trinajstić information content (AvgIpc) is 3.09. The minimum Gasteiger partial charge on any atom is -0.462 e. The van der Waals surface area contributed by atoms with Crippen LogP contribution in [0.4, 0.5) is 0 Å². The van der Waals surface area contributed by atoms with Crippen LogP contribution in [-0.4, -0.2) is 34.8 Å². The lowest BCUT2D eigenvalue weighted by atomic mass is 9.83. The first-order valence-corrected chi connectivity index (χ1v) is 12.6. The molecule has 2 aliphatic rings. The molecule has 1 aliphatic carbocycles. The van der Waals surface area contributed by atoms with E-state index in [4.69, 9.17) is 4.74 Å². The number of nitrogens with zero attached hydrogens (tertiary/aromatic N) is 1. The maximum atomic E-state index is 13.5. The lowest BCUT2D eigenvalue weighted by Crippen LogP contribution is -2.49. The van der Waals surface area contributed by atoms with E-state index in [1.54, 1.807) is 0 Å². The highest BCUT2D eigenvalue weighted by Gasteiger charge is 2.46. The molecule has 0 unspecified atom stereocenters. The van der Waals surface area contributed by atoms with Gasteiger partial charge in [0.25, 0.3) is 11.8 Å². The molecular formula is C29H31NO4. The van der Waals surface area contributed by atoms with Gasteiger partial charge in [0, 0.05) is 0 Å². The first-order valence-electron chi connectivity index (χ1n) is 12.6. The predicted molar refractivity (Wildman–Crippen MR) is 133 cm³/mol. The summed E-state index contributed by atoms with van der Waals surface area (Å²) in [6.45, 7) is 4.09. The van der Waals surface area contributed by atoms with Gasteiger partial charge in [-0.05, 0) is 71.5 Å². The summed E-state index contributed by atoms with van der Waals surface area (Å²) in [5.74, 6) is -1.31. The Morgan fingerprint density at radius 3 is 2.06 bits per heavy atom. The van der Waals surface area contributed by atoms with Gasteiger partial charge in [0.1, 0.15) is 6.10 Å². The van der Waals surface area contributed by atoms with Crippen LogP contribution in [0.3, 0.4) is 0 Å². The number of hydrogen-bond donors (Lipinski definition) is 0. The first-order chi connectivity index (χ1) is 16.5. The number of fused-ring (bicyclic) bond motifs is 3. The summed E-state index contributed by atoms with van der Waals surface area (Å²) in [5.41, 5.74) is 0.866. The van der Waals surface area contributed by atoms with Gasteiger partial charge in [0.2, 0.25) is 0 Å². The summed E-state index contributed by atoms with van der Waals surface area (Å²) in [6, 6.07) is 15.4. The Balaban J connectivity index is 1.47. The number of carbonyl (C=O) groups is 3. The third kappa shape index (κ3) is 3.87. The molecule has 5 heteroatoms. The topological polar surface area (TPSA) is 63.7 Å². The number of amides is 2. The molecule has 0 radical (unpaired) electrons. The number of imide groups is 1. The zero-order valence-electron chi connectivity index (χ0n) is 19.9. The van der Waals surface area contributed by atoms with Crippen LogP contribution < -0.4 is 0 Å². The Morgan fingerprint density at radius 1 is 0.912 bits per heavy atom. The summed E-state index contributed by atoms with van der Waals surface area (Å²) in [5, 5.41) is 4.06. The molecular weight excluding hydrogens is 426 g/mol. The molecule has 0 spiro atoms. The SMILES string of the molecule is CCC[C@@H](CC)OC(=O)[C@H]1CCCC[C@@H]1N1C(=O)c2cc3cc4ccccc4cc3cc2C1=O. The van der Waals surface area contributed by atoms with Gasteiger partial charge in [-0.15, -0.1) is 0 Å². The van der Waals surface area contributed by atoms with Crippen molar-refractivity contribution < 1.29 is 19.1 Å². The summed E-state index contributed by atoms with van der Waals surface area (Å²) in [7, 11) is 0. The van der Waals surface area contributed by atoms with Crippen molar-refractivity contribution >= 4 is 39.3 Å². The van der Waals surface area contributed by atoms with Crippen molar-refractivity contribution in [2.24, 2.45) is 5.92 Å². The summed E-state index contributed by atoms with van der Waals surface area (Å²) in [4.78, 5) is 41.5. The number of benzene rings is 3. The highest BCUT2D eigenvalue weighted by Crippen LogP contribution is 2.37. The van der Waals surface area contributed by atoms with E-state index in [2.05, 4.69) is 19.1 Å². The Morgan fingerprint density at radius 2 is 1.50 bits per heavy atom. The maximum Gasteiger partial charge on any atom is 0.311 e. The monoisotopic (exact) mass is 457 g/mol. The number of rotatable bonds is 6. The Bertz CT molecular complexity index is 1210. The van der Waals surface area contributed by atoms with Gasteiger partial charge in [-0.3, -0.25) is 19.3 Å². The lowest BCUT2D eigenvalue weighted by molar-refractivity contribution is -0.157. The molecule has 5 nitrogen and oxygen atoms in total. The molecule has 0 bridgehead atoms. The van der Waals surface area contributed by atoms with E-state index in [1.807, 2.05) is 43.3 Å². The van der Waals surface area contributed by atoms with Crippen molar-refractivity contribution in [3.8, 4) is 0 Å². The predicted octanol–water partition coefficient (Wildman–Crippen LogP) is 6.27. The van der Waals surface area contributed by atoms with Crippen LogP contribution in [0.5, 0.6) is 0 Å². The Kier molecular flexibility index (Phi) is 6.11. The molecule has 1 heterocycles. The zero-order chi connectivity index (χ0) is 23.8. The minimum absolute atomic E-state index is 0.110. The lowest BCUT2D eigenvalue weighted by Gasteiger charge is -2.36. The van der Waals surface area contributed by atoms with E-state index in [9.17, 15) is 14.4 Å². The Labute approximate surface area is 200 Å². The fraction of sp³-hybridized carbons (Fsp3) is 0.414.